The SMILES string of the molecule is CCCCCc1ccc(N2CCN(S(=O)(=O)C3(C(=O)NO)CCN(C4CC4)CC3)CC2)cc1.Cl.Cl. The van der Waals surface area contributed by atoms with E-state index in [-0.39, 0.29) is 37.7 Å². The number of unbranched alkanes of at least 4 members (excludes halogenated alkanes) is 2. The van der Waals surface area contributed by atoms with Crippen LogP contribution in [-0.4, -0.2) is 78.8 Å². The molecule has 1 aromatic carbocycles. The second-order valence-electron chi connectivity index (χ2n) is 9.72. The smallest absolute Gasteiger partial charge is 0.266 e. The topological polar surface area (TPSA) is 93.2 Å². The van der Waals surface area contributed by atoms with Crippen molar-refractivity contribution in [2.75, 3.05) is 44.2 Å². The van der Waals surface area contributed by atoms with Crippen molar-refractivity contribution in [2.24, 2.45) is 0 Å². The van der Waals surface area contributed by atoms with Gasteiger partial charge in [-0.05, 0) is 56.2 Å². The maximum atomic E-state index is 13.7. The van der Waals surface area contributed by atoms with E-state index in [4.69, 9.17) is 0 Å². The predicted octanol–water partition coefficient (Wildman–Crippen LogP) is 3.22. The Bertz CT molecular complexity index is 912. The van der Waals surface area contributed by atoms with Crippen LogP contribution in [0.4, 0.5) is 5.69 Å². The molecule has 2 heterocycles. The van der Waals surface area contributed by atoms with Crippen molar-refractivity contribution in [1.82, 2.24) is 14.7 Å². The van der Waals surface area contributed by atoms with Crippen molar-refractivity contribution in [2.45, 2.75) is 69.1 Å². The minimum atomic E-state index is -3.90. The Hall–Kier alpha value is -1.10. The number of carbonyl (C=O) groups excluding carboxylic acids is 1. The Labute approximate surface area is 222 Å². The monoisotopic (exact) mass is 550 g/mol. The number of nitrogens with one attached hydrogen (secondary N) is 1. The number of piperidine rings is 1. The highest BCUT2D eigenvalue weighted by Gasteiger charge is 2.55. The van der Waals surface area contributed by atoms with Crippen LogP contribution in [-0.2, 0) is 21.2 Å². The van der Waals surface area contributed by atoms with Crippen molar-refractivity contribution in [1.29, 1.82) is 0 Å². The first-order valence-electron chi connectivity index (χ1n) is 12.4. The highest BCUT2D eigenvalue weighted by atomic mass is 35.5. The lowest BCUT2D eigenvalue weighted by Crippen LogP contribution is -2.63. The summed E-state index contributed by atoms with van der Waals surface area (Å²) in [5.41, 5.74) is 4.10. The van der Waals surface area contributed by atoms with Gasteiger partial charge in [-0.25, -0.2) is 13.9 Å². The first kappa shape index (κ1) is 30.1. The van der Waals surface area contributed by atoms with Gasteiger partial charge in [-0.1, -0.05) is 31.9 Å². The fourth-order valence-electron chi connectivity index (χ4n) is 5.28. The van der Waals surface area contributed by atoms with Crippen molar-refractivity contribution in [3.05, 3.63) is 29.8 Å². The molecule has 2 saturated heterocycles. The van der Waals surface area contributed by atoms with Crippen LogP contribution >= 0.6 is 24.8 Å². The van der Waals surface area contributed by atoms with Crippen molar-refractivity contribution in [3.8, 4) is 0 Å². The Morgan fingerprint density at radius 3 is 2.11 bits per heavy atom. The number of piperazine rings is 1. The Kier molecular flexibility index (Phi) is 11.1. The standard InChI is InChI=1S/C24H38N4O4S.2ClH/c1-2-3-4-5-20-6-8-21(9-7-20)27-16-18-28(19-17-27)33(31,32)24(23(29)25-30)12-14-26(15-13-24)22-10-11-22;;/h6-9,22,30H,2-5,10-19H2,1H3,(H,25,29);2*1H. The summed E-state index contributed by atoms with van der Waals surface area (Å²) in [6.07, 6.45) is 7.48. The first-order chi connectivity index (χ1) is 15.9. The van der Waals surface area contributed by atoms with Gasteiger partial charge in [-0.2, -0.15) is 4.31 Å². The number of aryl methyl sites for hydroxylation is 1. The summed E-state index contributed by atoms with van der Waals surface area (Å²) in [6, 6.07) is 9.12. The number of hydrogen-bond acceptors (Lipinski definition) is 6. The highest BCUT2D eigenvalue weighted by Crippen LogP contribution is 2.38. The van der Waals surface area contributed by atoms with Crippen LogP contribution in [0.5, 0.6) is 0 Å². The zero-order chi connectivity index (χ0) is 23.5. The number of rotatable bonds is 9. The average Bonchev–Trinajstić information content (AvgIpc) is 3.70. The molecule has 0 spiro atoms. The van der Waals surface area contributed by atoms with E-state index in [0.717, 1.165) is 24.9 Å². The molecule has 8 nitrogen and oxygen atoms in total. The first-order valence-corrected chi connectivity index (χ1v) is 13.9. The van der Waals surface area contributed by atoms with Gasteiger partial charge >= 0.3 is 0 Å². The lowest BCUT2D eigenvalue weighted by Gasteiger charge is -2.44. The summed E-state index contributed by atoms with van der Waals surface area (Å²) in [4.78, 5) is 17.2. The Balaban J connectivity index is 0.00000216. The van der Waals surface area contributed by atoms with E-state index >= 15 is 0 Å². The molecule has 0 unspecified atom stereocenters. The zero-order valence-corrected chi connectivity index (χ0v) is 23.0. The summed E-state index contributed by atoms with van der Waals surface area (Å²) in [5.74, 6) is -0.793. The molecule has 1 amide bonds. The minimum Gasteiger partial charge on any atom is -0.369 e. The van der Waals surface area contributed by atoms with Gasteiger partial charge < -0.3 is 9.80 Å². The molecule has 2 aliphatic heterocycles. The third-order valence-electron chi connectivity index (χ3n) is 7.63. The van der Waals surface area contributed by atoms with Crippen LogP contribution in [0.1, 0.15) is 57.4 Å². The zero-order valence-electron chi connectivity index (χ0n) is 20.5. The molecular formula is C24H40Cl2N4O4S. The number of carbonyl (C=O) groups is 1. The van der Waals surface area contributed by atoms with E-state index in [1.165, 1.54) is 29.1 Å². The molecule has 3 fully saturated rings. The van der Waals surface area contributed by atoms with E-state index < -0.39 is 20.7 Å². The summed E-state index contributed by atoms with van der Waals surface area (Å²) < 4.78 is 27.2. The number of anilines is 1. The van der Waals surface area contributed by atoms with E-state index in [9.17, 15) is 18.4 Å². The maximum Gasteiger partial charge on any atom is 0.266 e. The minimum absolute atomic E-state index is 0. The van der Waals surface area contributed by atoms with Gasteiger partial charge in [0.2, 0.25) is 10.0 Å². The third-order valence-corrected chi connectivity index (χ3v) is 10.3. The molecule has 1 aromatic rings. The predicted molar refractivity (Wildman–Crippen MR) is 143 cm³/mol. The average molecular weight is 552 g/mol. The molecule has 4 rings (SSSR count). The van der Waals surface area contributed by atoms with E-state index in [1.807, 2.05) is 0 Å². The van der Waals surface area contributed by atoms with Crippen LogP contribution in [0.25, 0.3) is 0 Å². The molecule has 0 bridgehead atoms. The normalized spacial score (nSPS) is 21.0. The Morgan fingerprint density at radius 2 is 1.60 bits per heavy atom. The molecule has 35 heavy (non-hydrogen) atoms. The summed E-state index contributed by atoms with van der Waals surface area (Å²) in [5, 5.41) is 9.38. The maximum absolute atomic E-state index is 13.7. The van der Waals surface area contributed by atoms with Gasteiger partial charge in [-0.15, -0.1) is 24.8 Å². The van der Waals surface area contributed by atoms with Crippen LogP contribution in [0, 0.1) is 0 Å². The van der Waals surface area contributed by atoms with Crippen molar-refractivity contribution >= 4 is 46.4 Å². The molecular weight excluding hydrogens is 511 g/mol. The number of hydrogen-bond donors (Lipinski definition) is 2. The van der Waals surface area contributed by atoms with Gasteiger partial charge in [0.15, 0.2) is 4.75 Å². The summed E-state index contributed by atoms with van der Waals surface area (Å²) in [7, 11) is -3.90. The number of benzene rings is 1. The number of halogens is 2. The lowest BCUT2D eigenvalue weighted by molar-refractivity contribution is -0.133. The van der Waals surface area contributed by atoms with Gasteiger partial charge in [0, 0.05) is 51.0 Å². The summed E-state index contributed by atoms with van der Waals surface area (Å²) in [6.45, 7) is 5.20. The number of sulfonamides is 1. The van der Waals surface area contributed by atoms with Crippen LogP contribution < -0.4 is 10.4 Å². The largest absolute Gasteiger partial charge is 0.369 e. The molecule has 200 valence electrons. The molecule has 0 radical (unpaired) electrons. The van der Waals surface area contributed by atoms with Gasteiger partial charge in [-0.3, -0.25) is 10.0 Å². The fourth-order valence-corrected chi connectivity index (χ4v) is 7.40. The number of nitrogens with zero attached hydrogens (tertiary/aromatic N) is 3. The quantitative estimate of drug-likeness (QED) is 0.278. The highest BCUT2D eigenvalue weighted by molar-refractivity contribution is 7.91. The molecule has 1 saturated carbocycles. The number of amides is 1. The molecule has 2 N–H and O–H groups in total. The molecule has 0 atom stereocenters. The Morgan fingerprint density at radius 1 is 1.00 bits per heavy atom. The molecule has 3 aliphatic rings. The van der Waals surface area contributed by atoms with Gasteiger partial charge in [0.05, 0.1) is 0 Å². The molecule has 1 aliphatic carbocycles. The second-order valence-corrected chi connectivity index (χ2v) is 12.0. The van der Waals surface area contributed by atoms with Crippen LogP contribution in [0.2, 0.25) is 0 Å². The second kappa shape index (κ2) is 12.9. The van der Waals surface area contributed by atoms with Gasteiger partial charge in [0.1, 0.15) is 0 Å². The molecule has 11 heteroatoms. The van der Waals surface area contributed by atoms with E-state index in [2.05, 4.69) is 41.0 Å². The number of hydroxylamine groups is 1. The molecule has 0 aromatic heterocycles. The van der Waals surface area contributed by atoms with Crippen molar-refractivity contribution < 1.29 is 18.4 Å². The van der Waals surface area contributed by atoms with Crippen LogP contribution in [0.15, 0.2) is 24.3 Å². The third kappa shape index (κ3) is 6.43. The van der Waals surface area contributed by atoms with E-state index in [0.29, 0.717) is 45.3 Å². The fraction of sp³-hybridized carbons (Fsp3) is 0.708. The number of likely N-dealkylation sites (tertiary alicyclic amines) is 1. The van der Waals surface area contributed by atoms with Gasteiger partial charge in [0.25, 0.3) is 5.91 Å². The van der Waals surface area contributed by atoms with Crippen molar-refractivity contribution in [3.63, 3.8) is 0 Å². The van der Waals surface area contributed by atoms with E-state index in [1.54, 1.807) is 5.48 Å². The van der Waals surface area contributed by atoms with Crippen LogP contribution in [0.3, 0.4) is 0 Å². The lowest BCUT2D eigenvalue weighted by atomic mass is 9.95. The summed E-state index contributed by atoms with van der Waals surface area (Å²) >= 11 is 0.